The Morgan fingerprint density at radius 1 is 1.22 bits per heavy atom. The lowest BCUT2D eigenvalue weighted by Gasteiger charge is -2.27. The summed E-state index contributed by atoms with van der Waals surface area (Å²) in [5.74, 6) is -0.641. The Hall–Kier alpha value is -3.26. The fourth-order valence-corrected chi connectivity index (χ4v) is 4.66. The van der Waals surface area contributed by atoms with E-state index in [9.17, 15) is 9.18 Å². The van der Waals surface area contributed by atoms with Crippen LogP contribution in [-0.2, 0) is 9.53 Å². The van der Waals surface area contributed by atoms with Gasteiger partial charge in [-0.15, -0.1) is 0 Å². The van der Waals surface area contributed by atoms with E-state index < -0.39 is 0 Å². The second-order valence-electron chi connectivity index (χ2n) is 7.70. The van der Waals surface area contributed by atoms with Gasteiger partial charge in [0, 0.05) is 23.3 Å². The van der Waals surface area contributed by atoms with Crippen molar-refractivity contribution in [2.75, 3.05) is 13.2 Å². The van der Waals surface area contributed by atoms with Crippen molar-refractivity contribution in [2.45, 2.75) is 32.9 Å². The lowest BCUT2D eigenvalue weighted by Crippen LogP contribution is -2.35. The van der Waals surface area contributed by atoms with Crippen molar-refractivity contribution < 1.29 is 13.9 Å². The average Bonchev–Trinajstić information content (AvgIpc) is 3.24. The van der Waals surface area contributed by atoms with Gasteiger partial charge in [0.25, 0.3) is 0 Å². The summed E-state index contributed by atoms with van der Waals surface area (Å²) in [6.45, 7) is 6.08. The number of hydrogen-bond acceptors (Lipinski definition) is 4. The monoisotopic (exact) mass is 452 g/mol. The minimum atomic E-state index is -0.345. The predicted octanol–water partition coefficient (Wildman–Crippen LogP) is 4.16. The van der Waals surface area contributed by atoms with Gasteiger partial charge >= 0.3 is 5.97 Å². The van der Waals surface area contributed by atoms with Gasteiger partial charge in [-0.25, -0.2) is 4.39 Å². The zero-order valence-corrected chi connectivity index (χ0v) is 19.0. The molecule has 0 bridgehead atoms. The molecule has 1 N–H and O–H groups in total. The molecule has 1 aliphatic heterocycles. The molecule has 1 aromatic carbocycles. The number of carbonyl (C=O) groups excluding carboxylic acids is 1. The fourth-order valence-electron chi connectivity index (χ4n) is 4.36. The molecule has 1 aliphatic rings. The van der Waals surface area contributed by atoms with Crippen LogP contribution in [0.25, 0.3) is 5.69 Å². The van der Waals surface area contributed by atoms with Crippen LogP contribution in [0.15, 0.2) is 54.7 Å². The number of nitrogens with zero attached hydrogens (tertiary/aromatic N) is 3. The number of aromatic nitrogens is 2. The topological polar surface area (TPSA) is 59.4 Å². The minimum Gasteiger partial charge on any atom is -0.465 e. The van der Waals surface area contributed by atoms with Crippen LogP contribution >= 0.6 is 12.2 Å². The summed E-state index contributed by atoms with van der Waals surface area (Å²) in [7, 11) is 0. The summed E-state index contributed by atoms with van der Waals surface area (Å²) >= 11 is 5.61. The standard InChI is InChI=1S/C24H25FN4O2S/c1-4-31-21(30)14-28-23(22(27-24(28)32)20-10-5-6-11-26-20)19-12-15(2)29(16(19)3)18-9-7-8-17(25)13-18/h5-13,22-23H,4,14H2,1-3H3,(H,27,32)/t22-,23+/m0/s1. The van der Waals surface area contributed by atoms with Crippen molar-refractivity contribution in [3.05, 3.63) is 83.2 Å². The number of ether oxygens (including phenoxy) is 1. The highest BCUT2D eigenvalue weighted by atomic mass is 32.1. The van der Waals surface area contributed by atoms with Gasteiger partial charge in [-0.2, -0.15) is 0 Å². The molecule has 1 fully saturated rings. The smallest absolute Gasteiger partial charge is 0.325 e. The summed E-state index contributed by atoms with van der Waals surface area (Å²) in [5.41, 5.74) is 4.45. The Labute approximate surface area is 192 Å². The molecule has 3 aromatic rings. The first-order valence-electron chi connectivity index (χ1n) is 10.5. The number of rotatable bonds is 6. The maximum absolute atomic E-state index is 13.9. The average molecular weight is 453 g/mol. The van der Waals surface area contributed by atoms with Crippen molar-refractivity contribution in [1.29, 1.82) is 0 Å². The molecule has 2 aromatic heterocycles. The van der Waals surface area contributed by atoms with E-state index in [1.165, 1.54) is 12.1 Å². The van der Waals surface area contributed by atoms with E-state index in [-0.39, 0.29) is 30.4 Å². The minimum absolute atomic E-state index is 0.0251. The van der Waals surface area contributed by atoms with E-state index >= 15 is 0 Å². The molecule has 8 heteroatoms. The van der Waals surface area contributed by atoms with E-state index in [4.69, 9.17) is 17.0 Å². The lowest BCUT2D eigenvalue weighted by molar-refractivity contribution is -0.143. The van der Waals surface area contributed by atoms with Gasteiger partial charge in [0.15, 0.2) is 5.11 Å². The van der Waals surface area contributed by atoms with Crippen LogP contribution in [-0.4, -0.2) is 38.7 Å². The van der Waals surface area contributed by atoms with Crippen molar-refractivity contribution in [1.82, 2.24) is 19.8 Å². The summed E-state index contributed by atoms with van der Waals surface area (Å²) in [4.78, 5) is 18.7. The second kappa shape index (κ2) is 9.08. The summed E-state index contributed by atoms with van der Waals surface area (Å²) < 4.78 is 21.1. The van der Waals surface area contributed by atoms with E-state index in [2.05, 4.69) is 16.4 Å². The van der Waals surface area contributed by atoms with Crippen LogP contribution < -0.4 is 5.32 Å². The Morgan fingerprint density at radius 3 is 2.72 bits per heavy atom. The molecule has 1 saturated heterocycles. The molecule has 4 rings (SSSR count). The highest BCUT2D eigenvalue weighted by Crippen LogP contribution is 2.41. The maximum Gasteiger partial charge on any atom is 0.325 e. The molecular formula is C24H25FN4O2S. The first-order valence-corrected chi connectivity index (χ1v) is 10.9. The van der Waals surface area contributed by atoms with Crippen molar-refractivity contribution in [3.63, 3.8) is 0 Å². The number of hydrogen-bond donors (Lipinski definition) is 1. The molecule has 0 radical (unpaired) electrons. The third-order valence-electron chi connectivity index (χ3n) is 5.66. The van der Waals surface area contributed by atoms with Gasteiger partial charge in [0.2, 0.25) is 0 Å². The normalized spacial score (nSPS) is 18.0. The molecule has 6 nitrogen and oxygen atoms in total. The largest absolute Gasteiger partial charge is 0.465 e. The van der Waals surface area contributed by atoms with E-state index in [1.54, 1.807) is 19.2 Å². The second-order valence-corrected chi connectivity index (χ2v) is 8.09. The Bertz CT molecular complexity index is 1150. The van der Waals surface area contributed by atoms with E-state index in [0.717, 1.165) is 28.3 Å². The highest BCUT2D eigenvalue weighted by Gasteiger charge is 2.42. The fraction of sp³-hybridized carbons (Fsp3) is 0.292. The number of pyridine rings is 1. The lowest BCUT2D eigenvalue weighted by atomic mass is 9.97. The maximum atomic E-state index is 13.9. The zero-order valence-electron chi connectivity index (χ0n) is 18.2. The molecular weight excluding hydrogens is 427 g/mol. The SMILES string of the molecule is CCOC(=O)CN1C(=S)N[C@@H](c2ccccn2)[C@H]1c1cc(C)n(-c2cccc(F)c2)c1C. The number of halogens is 1. The van der Waals surface area contributed by atoms with Gasteiger partial charge in [-0.05, 0) is 75.0 Å². The number of benzene rings is 1. The van der Waals surface area contributed by atoms with E-state index in [0.29, 0.717) is 11.7 Å². The van der Waals surface area contributed by atoms with Crippen LogP contribution in [0.4, 0.5) is 4.39 Å². The van der Waals surface area contributed by atoms with Crippen LogP contribution in [0.2, 0.25) is 0 Å². The third kappa shape index (κ3) is 4.10. The van der Waals surface area contributed by atoms with Gasteiger partial charge in [0.1, 0.15) is 12.4 Å². The molecule has 0 amide bonds. The molecule has 32 heavy (non-hydrogen) atoms. The van der Waals surface area contributed by atoms with Crippen LogP contribution in [0.1, 0.15) is 41.7 Å². The Morgan fingerprint density at radius 2 is 2.03 bits per heavy atom. The first kappa shape index (κ1) is 22.0. The molecule has 0 saturated carbocycles. The third-order valence-corrected chi connectivity index (χ3v) is 6.01. The summed E-state index contributed by atoms with van der Waals surface area (Å²) in [6, 6.07) is 13.8. The number of nitrogens with one attached hydrogen (secondary N) is 1. The van der Waals surface area contributed by atoms with Crippen molar-refractivity contribution >= 4 is 23.3 Å². The van der Waals surface area contributed by atoms with Crippen molar-refractivity contribution in [3.8, 4) is 5.69 Å². The van der Waals surface area contributed by atoms with Crippen molar-refractivity contribution in [2.24, 2.45) is 0 Å². The number of carbonyl (C=O) groups is 1. The predicted molar refractivity (Wildman–Crippen MR) is 124 cm³/mol. The van der Waals surface area contributed by atoms with Crippen LogP contribution in [0, 0.1) is 19.7 Å². The quantitative estimate of drug-likeness (QED) is 0.448. The van der Waals surface area contributed by atoms with Gasteiger partial charge in [-0.1, -0.05) is 12.1 Å². The summed E-state index contributed by atoms with van der Waals surface area (Å²) in [6.07, 6.45) is 1.74. The molecule has 0 aliphatic carbocycles. The Balaban J connectivity index is 1.81. The number of thiocarbonyl (C=S) groups is 1. The first-order chi connectivity index (χ1) is 15.4. The van der Waals surface area contributed by atoms with E-state index in [1.807, 2.05) is 47.6 Å². The van der Waals surface area contributed by atoms with Gasteiger partial charge in [-0.3, -0.25) is 9.78 Å². The van der Waals surface area contributed by atoms with Crippen LogP contribution in [0.3, 0.4) is 0 Å². The summed E-state index contributed by atoms with van der Waals surface area (Å²) in [5, 5.41) is 3.81. The van der Waals surface area contributed by atoms with Gasteiger partial charge in [0.05, 0.1) is 24.4 Å². The molecule has 3 heterocycles. The molecule has 0 unspecified atom stereocenters. The Kier molecular flexibility index (Phi) is 6.23. The highest BCUT2D eigenvalue weighted by molar-refractivity contribution is 7.80. The number of esters is 1. The van der Waals surface area contributed by atoms with Crippen LogP contribution in [0.5, 0.6) is 0 Å². The zero-order chi connectivity index (χ0) is 22.8. The molecule has 0 spiro atoms. The molecule has 166 valence electrons. The number of aryl methyl sites for hydroxylation is 1. The molecule has 2 atom stereocenters. The van der Waals surface area contributed by atoms with Gasteiger partial charge < -0.3 is 19.5 Å².